The summed E-state index contributed by atoms with van der Waals surface area (Å²) in [6, 6.07) is 12.2. The van der Waals surface area contributed by atoms with E-state index in [4.69, 9.17) is 0 Å². The molecule has 0 aliphatic carbocycles. The summed E-state index contributed by atoms with van der Waals surface area (Å²) in [6.07, 6.45) is 2.08. The second kappa shape index (κ2) is 7.14. The van der Waals surface area contributed by atoms with Crippen LogP contribution >= 0.6 is 0 Å². The van der Waals surface area contributed by atoms with Crippen LogP contribution in [0.1, 0.15) is 33.1 Å². The lowest BCUT2D eigenvalue weighted by atomic mass is 10.1. The summed E-state index contributed by atoms with van der Waals surface area (Å²) in [7, 11) is -3.69. The topological polar surface area (TPSA) is 66.5 Å². The van der Waals surface area contributed by atoms with E-state index in [1.807, 2.05) is 44.2 Å². The standard InChI is InChI=1S/C19H24N2O3S/c1-3-14(2)20-19(22)18-9-6-12-21(18)25(23,24)17-11-10-15-7-4-5-8-16(15)13-17/h4-5,7-8,10-11,13-14,18H,3,6,9,12H2,1-2H3,(H,20,22)/t14-,18-/m0/s1. The van der Waals surface area contributed by atoms with E-state index in [1.165, 1.54) is 4.31 Å². The number of hydrogen-bond acceptors (Lipinski definition) is 3. The maximum Gasteiger partial charge on any atom is 0.243 e. The molecule has 1 aliphatic rings. The van der Waals surface area contributed by atoms with Crippen molar-refractivity contribution < 1.29 is 13.2 Å². The van der Waals surface area contributed by atoms with E-state index in [2.05, 4.69) is 5.32 Å². The van der Waals surface area contributed by atoms with Crippen LogP contribution < -0.4 is 5.32 Å². The lowest BCUT2D eigenvalue weighted by molar-refractivity contribution is -0.124. The third-order valence-electron chi connectivity index (χ3n) is 4.83. The van der Waals surface area contributed by atoms with Crippen molar-refractivity contribution in [1.82, 2.24) is 9.62 Å². The van der Waals surface area contributed by atoms with Crippen molar-refractivity contribution in [2.45, 2.75) is 50.1 Å². The highest BCUT2D eigenvalue weighted by molar-refractivity contribution is 7.89. The molecule has 2 atom stereocenters. The molecule has 0 saturated carbocycles. The Morgan fingerprint density at radius 1 is 1.24 bits per heavy atom. The van der Waals surface area contributed by atoms with Gasteiger partial charge in [-0.2, -0.15) is 4.31 Å². The molecular weight excluding hydrogens is 336 g/mol. The Morgan fingerprint density at radius 2 is 1.96 bits per heavy atom. The molecule has 0 radical (unpaired) electrons. The number of sulfonamides is 1. The normalized spacial score (nSPS) is 19.8. The number of rotatable bonds is 5. The first-order valence-electron chi connectivity index (χ1n) is 8.74. The summed E-state index contributed by atoms with van der Waals surface area (Å²) in [5, 5.41) is 4.78. The molecule has 0 aromatic heterocycles. The van der Waals surface area contributed by atoms with Crippen LogP contribution in [0.3, 0.4) is 0 Å². The summed E-state index contributed by atoms with van der Waals surface area (Å²) < 4.78 is 27.5. The molecule has 0 spiro atoms. The molecule has 134 valence electrons. The molecule has 2 aromatic carbocycles. The Morgan fingerprint density at radius 3 is 2.68 bits per heavy atom. The second-order valence-electron chi connectivity index (χ2n) is 6.60. The fourth-order valence-corrected chi connectivity index (χ4v) is 4.89. The summed E-state index contributed by atoms with van der Waals surface area (Å²) in [6.45, 7) is 4.30. The van der Waals surface area contributed by atoms with Crippen LogP contribution in [-0.4, -0.2) is 37.3 Å². The van der Waals surface area contributed by atoms with Crippen LogP contribution in [0.2, 0.25) is 0 Å². The third kappa shape index (κ3) is 3.55. The first-order valence-corrected chi connectivity index (χ1v) is 10.2. The molecular formula is C19H24N2O3S. The van der Waals surface area contributed by atoms with Gasteiger partial charge >= 0.3 is 0 Å². The highest BCUT2D eigenvalue weighted by Gasteiger charge is 2.39. The number of nitrogens with zero attached hydrogens (tertiary/aromatic N) is 1. The lowest BCUT2D eigenvalue weighted by Gasteiger charge is -2.25. The Labute approximate surface area is 149 Å². The van der Waals surface area contributed by atoms with Gasteiger partial charge in [0.2, 0.25) is 15.9 Å². The molecule has 2 aromatic rings. The molecule has 5 nitrogen and oxygen atoms in total. The number of carbonyl (C=O) groups excluding carboxylic acids is 1. The van der Waals surface area contributed by atoms with E-state index in [-0.39, 0.29) is 16.8 Å². The van der Waals surface area contributed by atoms with Gasteiger partial charge in [0.05, 0.1) is 4.90 Å². The molecule has 1 heterocycles. The monoisotopic (exact) mass is 360 g/mol. The van der Waals surface area contributed by atoms with Crippen molar-refractivity contribution in [3.8, 4) is 0 Å². The molecule has 1 fully saturated rings. The van der Waals surface area contributed by atoms with Gasteiger partial charge in [-0.1, -0.05) is 37.3 Å². The van der Waals surface area contributed by atoms with Gasteiger partial charge in [0.1, 0.15) is 6.04 Å². The zero-order chi connectivity index (χ0) is 18.0. The van der Waals surface area contributed by atoms with Crippen LogP contribution in [0, 0.1) is 0 Å². The summed E-state index contributed by atoms with van der Waals surface area (Å²) >= 11 is 0. The molecule has 25 heavy (non-hydrogen) atoms. The molecule has 1 aliphatic heterocycles. The lowest BCUT2D eigenvalue weighted by Crippen LogP contribution is -2.48. The van der Waals surface area contributed by atoms with Crippen molar-refractivity contribution in [3.05, 3.63) is 42.5 Å². The van der Waals surface area contributed by atoms with Crippen molar-refractivity contribution in [2.24, 2.45) is 0 Å². The van der Waals surface area contributed by atoms with Gasteiger partial charge in [-0.05, 0) is 49.1 Å². The zero-order valence-electron chi connectivity index (χ0n) is 14.6. The Hall–Kier alpha value is -1.92. The molecule has 1 N–H and O–H groups in total. The van der Waals surface area contributed by atoms with E-state index in [0.717, 1.165) is 17.2 Å². The van der Waals surface area contributed by atoms with Gasteiger partial charge in [0.25, 0.3) is 0 Å². The van der Waals surface area contributed by atoms with Crippen LogP contribution in [0.4, 0.5) is 0 Å². The maximum atomic E-state index is 13.1. The fourth-order valence-electron chi connectivity index (χ4n) is 3.19. The minimum absolute atomic E-state index is 0.0401. The van der Waals surface area contributed by atoms with E-state index in [0.29, 0.717) is 19.4 Å². The van der Waals surface area contributed by atoms with Gasteiger partial charge in [-0.25, -0.2) is 8.42 Å². The molecule has 6 heteroatoms. The van der Waals surface area contributed by atoms with Gasteiger partial charge < -0.3 is 5.32 Å². The highest BCUT2D eigenvalue weighted by atomic mass is 32.2. The van der Waals surface area contributed by atoms with Crippen LogP contribution in [0.15, 0.2) is 47.4 Å². The van der Waals surface area contributed by atoms with E-state index in [9.17, 15) is 13.2 Å². The summed E-state index contributed by atoms with van der Waals surface area (Å²) in [5.41, 5.74) is 0. The van der Waals surface area contributed by atoms with Crippen molar-refractivity contribution in [3.63, 3.8) is 0 Å². The minimum Gasteiger partial charge on any atom is -0.352 e. The van der Waals surface area contributed by atoms with Gasteiger partial charge in [-0.3, -0.25) is 4.79 Å². The Balaban J connectivity index is 1.90. The molecule has 3 rings (SSSR count). The molecule has 0 bridgehead atoms. The third-order valence-corrected chi connectivity index (χ3v) is 6.74. The Kier molecular flexibility index (Phi) is 5.11. The van der Waals surface area contributed by atoms with Crippen molar-refractivity contribution >= 4 is 26.7 Å². The predicted octanol–water partition coefficient (Wildman–Crippen LogP) is 2.91. The maximum absolute atomic E-state index is 13.1. The van der Waals surface area contributed by atoms with Gasteiger partial charge in [-0.15, -0.1) is 0 Å². The fraction of sp³-hybridized carbons (Fsp3) is 0.421. The summed E-state index contributed by atoms with van der Waals surface area (Å²) in [5.74, 6) is -0.198. The quantitative estimate of drug-likeness (QED) is 0.891. The molecule has 1 amide bonds. The molecule has 1 saturated heterocycles. The van der Waals surface area contributed by atoms with Crippen LogP contribution in [0.25, 0.3) is 10.8 Å². The first-order chi connectivity index (χ1) is 11.9. The van der Waals surface area contributed by atoms with E-state index < -0.39 is 16.1 Å². The highest BCUT2D eigenvalue weighted by Crippen LogP contribution is 2.28. The van der Waals surface area contributed by atoms with E-state index in [1.54, 1.807) is 12.1 Å². The number of hydrogen-bond donors (Lipinski definition) is 1. The Bertz CT molecular complexity index is 879. The number of benzene rings is 2. The van der Waals surface area contributed by atoms with Crippen molar-refractivity contribution in [2.75, 3.05) is 6.54 Å². The molecule has 0 unspecified atom stereocenters. The number of nitrogens with one attached hydrogen (secondary N) is 1. The van der Waals surface area contributed by atoms with Crippen LogP contribution in [0.5, 0.6) is 0 Å². The smallest absolute Gasteiger partial charge is 0.243 e. The number of amides is 1. The minimum atomic E-state index is -3.69. The van der Waals surface area contributed by atoms with E-state index >= 15 is 0 Å². The average molecular weight is 360 g/mol. The zero-order valence-corrected chi connectivity index (χ0v) is 15.4. The second-order valence-corrected chi connectivity index (χ2v) is 8.49. The SMILES string of the molecule is CC[C@H](C)NC(=O)[C@@H]1CCCN1S(=O)(=O)c1ccc2ccccc2c1. The van der Waals surface area contributed by atoms with Crippen LogP contribution in [-0.2, 0) is 14.8 Å². The van der Waals surface area contributed by atoms with Crippen molar-refractivity contribution in [1.29, 1.82) is 0 Å². The predicted molar refractivity (Wildman–Crippen MR) is 98.8 cm³/mol. The summed E-state index contributed by atoms with van der Waals surface area (Å²) in [4.78, 5) is 12.7. The largest absolute Gasteiger partial charge is 0.352 e. The number of carbonyl (C=O) groups is 1. The average Bonchev–Trinajstić information content (AvgIpc) is 3.12. The van der Waals surface area contributed by atoms with Gasteiger partial charge in [0.15, 0.2) is 0 Å². The van der Waals surface area contributed by atoms with Gasteiger partial charge in [0, 0.05) is 12.6 Å². The number of fused-ring (bicyclic) bond motifs is 1. The first kappa shape index (κ1) is 17.9.